The lowest BCUT2D eigenvalue weighted by Crippen LogP contribution is -2.16. The lowest BCUT2D eigenvalue weighted by atomic mass is 10.0. The number of benzene rings is 2. The molecule has 1 saturated heterocycles. The molecule has 2 aromatic heterocycles. The molecule has 2 unspecified atom stereocenters. The molecule has 34 heavy (non-hydrogen) atoms. The van der Waals surface area contributed by atoms with E-state index in [2.05, 4.69) is 15.3 Å². The molecule has 0 radical (unpaired) electrons. The van der Waals surface area contributed by atoms with Gasteiger partial charge < -0.3 is 19.5 Å². The van der Waals surface area contributed by atoms with Gasteiger partial charge in [-0.05, 0) is 30.7 Å². The monoisotopic (exact) mass is 472 g/mol. The van der Waals surface area contributed by atoms with E-state index >= 15 is 0 Å². The summed E-state index contributed by atoms with van der Waals surface area (Å²) in [4.78, 5) is 8.92. The topological polar surface area (TPSA) is 69.9 Å². The summed E-state index contributed by atoms with van der Waals surface area (Å²) in [7, 11) is 1.57. The van der Waals surface area contributed by atoms with Crippen LogP contribution in [0.3, 0.4) is 0 Å². The van der Waals surface area contributed by atoms with E-state index in [-0.39, 0.29) is 6.10 Å². The van der Waals surface area contributed by atoms with Crippen LogP contribution in [0.25, 0.3) is 16.7 Å². The van der Waals surface area contributed by atoms with Crippen LogP contribution >= 0.6 is 0 Å². The third kappa shape index (κ3) is 4.21. The molecule has 0 aliphatic carbocycles. The van der Waals surface area contributed by atoms with E-state index in [0.717, 1.165) is 29.5 Å². The number of ether oxygens (including phenoxy) is 3. The van der Waals surface area contributed by atoms with Crippen molar-refractivity contribution in [1.29, 1.82) is 0 Å². The fourth-order valence-corrected chi connectivity index (χ4v) is 4.08. The van der Waals surface area contributed by atoms with Crippen molar-refractivity contribution in [1.82, 2.24) is 14.4 Å². The number of hydrogen-bond donors (Lipinski definition) is 1. The molecule has 5 rings (SSSR count). The maximum atomic E-state index is 13.2. The van der Waals surface area contributed by atoms with Crippen LogP contribution in [0.1, 0.15) is 30.5 Å². The van der Waals surface area contributed by atoms with Gasteiger partial charge in [0.2, 0.25) is 5.78 Å². The van der Waals surface area contributed by atoms with E-state index in [1.807, 2.05) is 16.5 Å². The summed E-state index contributed by atoms with van der Waals surface area (Å²) >= 11 is 0. The number of nitrogens with zero attached hydrogens (tertiary/aromatic N) is 3. The van der Waals surface area contributed by atoms with Crippen molar-refractivity contribution in [3.05, 3.63) is 59.9 Å². The highest BCUT2D eigenvalue weighted by Gasteiger charge is 2.31. The molecule has 1 fully saturated rings. The number of aromatic nitrogens is 3. The number of imidazole rings is 1. The van der Waals surface area contributed by atoms with Gasteiger partial charge in [-0.25, -0.2) is 4.98 Å². The van der Waals surface area contributed by atoms with Crippen molar-refractivity contribution in [2.45, 2.75) is 31.7 Å². The van der Waals surface area contributed by atoms with Crippen LogP contribution in [0, 0.1) is 0 Å². The Bertz CT molecular complexity index is 1330. The minimum Gasteiger partial charge on any atom is -0.493 e. The van der Waals surface area contributed by atoms with E-state index < -0.39 is 17.8 Å². The smallest absolute Gasteiger partial charge is 0.416 e. The first-order valence-electron chi connectivity index (χ1n) is 10.9. The highest BCUT2D eigenvalue weighted by molar-refractivity contribution is 5.93. The molecule has 178 valence electrons. The fraction of sp³-hybridized carbons (Fsp3) is 0.333. The number of anilines is 1. The summed E-state index contributed by atoms with van der Waals surface area (Å²) in [6.45, 7) is 2.92. The van der Waals surface area contributed by atoms with Gasteiger partial charge in [-0.2, -0.15) is 18.2 Å². The number of hydrogen-bond acceptors (Lipinski definition) is 6. The summed E-state index contributed by atoms with van der Waals surface area (Å²) in [5.41, 5.74) is 0.563. The molecule has 1 N–H and O–H groups in total. The van der Waals surface area contributed by atoms with Gasteiger partial charge in [0.15, 0.2) is 11.5 Å². The van der Waals surface area contributed by atoms with Crippen LogP contribution in [0.15, 0.2) is 48.8 Å². The molecule has 0 amide bonds. The number of alkyl halides is 3. The summed E-state index contributed by atoms with van der Waals surface area (Å²) < 4.78 is 58.6. The Hall–Kier alpha value is -3.53. The van der Waals surface area contributed by atoms with Crippen LogP contribution in [-0.2, 0) is 10.9 Å². The molecule has 7 nitrogen and oxygen atoms in total. The predicted octanol–water partition coefficient (Wildman–Crippen LogP) is 5.25. The standard InChI is InChI=1S/C24H23F3N4O3/c1-14(15-4-3-5-16(10-15)24(25,26)27)29-22-18-11-21(34-17-6-9-33-13-17)20(32-2)12-19(18)31-8-7-28-23(31)30-22/h3-5,7-8,10-12,14,17H,6,9,13H2,1-2H3,(H,28,29,30). The van der Waals surface area contributed by atoms with Gasteiger partial charge in [0, 0.05) is 36.3 Å². The Morgan fingerprint density at radius 3 is 2.79 bits per heavy atom. The number of fused-ring (bicyclic) bond motifs is 3. The Morgan fingerprint density at radius 2 is 2.06 bits per heavy atom. The van der Waals surface area contributed by atoms with Gasteiger partial charge >= 0.3 is 6.18 Å². The third-order valence-electron chi connectivity index (χ3n) is 5.88. The zero-order valence-corrected chi connectivity index (χ0v) is 18.6. The molecule has 2 atom stereocenters. The molecule has 2 aromatic carbocycles. The maximum Gasteiger partial charge on any atom is 0.416 e. The van der Waals surface area contributed by atoms with E-state index in [4.69, 9.17) is 14.2 Å². The summed E-state index contributed by atoms with van der Waals surface area (Å²) in [5.74, 6) is 2.03. The van der Waals surface area contributed by atoms with Crippen LogP contribution in [0.2, 0.25) is 0 Å². The van der Waals surface area contributed by atoms with Gasteiger partial charge in [-0.3, -0.25) is 4.40 Å². The Kier molecular flexibility index (Phi) is 5.68. The van der Waals surface area contributed by atoms with Gasteiger partial charge in [0.25, 0.3) is 0 Å². The second kappa shape index (κ2) is 8.68. The second-order valence-corrected chi connectivity index (χ2v) is 8.17. The zero-order chi connectivity index (χ0) is 23.9. The summed E-state index contributed by atoms with van der Waals surface area (Å²) in [5, 5.41) is 3.99. The van der Waals surface area contributed by atoms with Crippen molar-refractivity contribution < 1.29 is 27.4 Å². The minimum absolute atomic E-state index is 0.0864. The molecule has 0 spiro atoms. The third-order valence-corrected chi connectivity index (χ3v) is 5.88. The van der Waals surface area contributed by atoms with Gasteiger partial charge in [-0.1, -0.05) is 12.1 Å². The predicted molar refractivity (Wildman–Crippen MR) is 120 cm³/mol. The molecule has 1 aliphatic rings. The van der Waals surface area contributed by atoms with Gasteiger partial charge in [-0.15, -0.1) is 0 Å². The van der Waals surface area contributed by atoms with E-state index in [9.17, 15) is 13.2 Å². The van der Waals surface area contributed by atoms with Crippen molar-refractivity contribution in [3.8, 4) is 11.5 Å². The maximum absolute atomic E-state index is 13.2. The normalized spacial score (nSPS) is 17.3. The fourth-order valence-electron chi connectivity index (χ4n) is 4.08. The van der Waals surface area contributed by atoms with Crippen LogP contribution in [0.5, 0.6) is 11.5 Å². The van der Waals surface area contributed by atoms with Gasteiger partial charge in [0.1, 0.15) is 11.9 Å². The van der Waals surface area contributed by atoms with Crippen LogP contribution < -0.4 is 14.8 Å². The van der Waals surface area contributed by atoms with Crippen molar-refractivity contribution in [2.75, 3.05) is 25.6 Å². The molecular weight excluding hydrogens is 449 g/mol. The molecule has 1 aliphatic heterocycles. The average Bonchev–Trinajstić information content (AvgIpc) is 3.50. The lowest BCUT2D eigenvalue weighted by molar-refractivity contribution is -0.137. The highest BCUT2D eigenvalue weighted by Crippen LogP contribution is 2.38. The quantitative estimate of drug-likeness (QED) is 0.413. The number of halogens is 3. The highest BCUT2D eigenvalue weighted by atomic mass is 19.4. The molecular formula is C24H23F3N4O3. The molecule has 10 heteroatoms. The van der Waals surface area contributed by atoms with Gasteiger partial charge in [0.05, 0.1) is 31.4 Å². The largest absolute Gasteiger partial charge is 0.493 e. The SMILES string of the molecule is COc1cc2c(cc1OC1CCOC1)c(NC(C)c1cccc(C(F)(F)F)c1)nc1nccn12. The zero-order valence-electron chi connectivity index (χ0n) is 18.6. The minimum atomic E-state index is -4.41. The Labute approximate surface area is 193 Å². The molecule has 3 heterocycles. The lowest BCUT2D eigenvalue weighted by Gasteiger charge is -2.20. The van der Waals surface area contributed by atoms with E-state index in [1.54, 1.807) is 32.5 Å². The van der Waals surface area contributed by atoms with Crippen molar-refractivity contribution in [3.63, 3.8) is 0 Å². The number of nitrogens with one attached hydrogen (secondary N) is 1. The molecule has 0 saturated carbocycles. The first kappa shape index (κ1) is 22.3. The molecule has 4 aromatic rings. The summed E-state index contributed by atoms with van der Waals surface area (Å²) in [6.07, 6.45) is -0.305. The van der Waals surface area contributed by atoms with Crippen molar-refractivity contribution >= 4 is 22.5 Å². The first-order valence-corrected chi connectivity index (χ1v) is 10.9. The van der Waals surface area contributed by atoms with Crippen LogP contribution in [-0.4, -0.2) is 40.8 Å². The second-order valence-electron chi connectivity index (χ2n) is 8.17. The average molecular weight is 472 g/mol. The first-order chi connectivity index (χ1) is 16.3. The van der Waals surface area contributed by atoms with E-state index in [0.29, 0.717) is 41.9 Å². The Morgan fingerprint density at radius 1 is 1.21 bits per heavy atom. The Balaban J connectivity index is 1.57. The van der Waals surface area contributed by atoms with Crippen LogP contribution in [0.4, 0.5) is 19.0 Å². The van der Waals surface area contributed by atoms with E-state index in [1.165, 1.54) is 6.07 Å². The number of methoxy groups -OCH3 is 1. The molecule has 0 bridgehead atoms. The summed E-state index contributed by atoms with van der Waals surface area (Å²) in [6, 6.07) is 8.48. The number of rotatable bonds is 6. The van der Waals surface area contributed by atoms with Crippen molar-refractivity contribution in [2.24, 2.45) is 0 Å².